The van der Waals surface area contributed by atoms with E-state index in [4.69, 9.17) is 9.84 Å². The summed E-state index contributed by atoms with van der Waals surface area (Å²) in [4.78, 5) is 21.2. The summed E-state index contributed by atoms with van der Waals surface area (Å²) in [6, 6.07) is 1.89. The maximum Gasteiger partial charge on any atom is 0.305 e. The lowest BCUT2D eigenvalue weighted by Gasteiger charge is -2.26. The number of hydrogen-bond acceptors (Lipinski definition) is 5. The van der Waals surface area contributed by atoms with Crippen LogP contribution in [0.15, 0.2) is 6.07 Å². The van der Waals surface area contributed by atoms with E-state index in [1.165, 1.54) is 0 Å². The van der Waals surface area contributed by atoms with Gasteiger partial charge in [-0.15, -0.1) is 0 Å². The van der Waals surface area contributed by atoms with E-state index < -0.39 is 5.97 Å². The van der Waals surface area contributed by atoms with E-state index in [1.807, 2.05) is 32.6 Å². The number of rotatable bonds is 7. The fourth-order valence-electron chi connectivity index (χ4n) is 1.68. The smallest absolute Gasteiger partial charge is 0.305 e. The summed E-state index contributed by atoms with van der Waals surface area (Å²) in [7, 11) is 0. The summed E-state index contributed by atoms with van der Waals surface area (Å²) < 4.78 is 5.39. The zero-order valence-electron chi connectivity index (χ0n) is 11.9. The Hall–Kier alpha value is -1.85. The average Bonchev–Trinajstić information content (AvgIpc) is 2.27. The van der Waals surface area contributed by atoms with Crippen LogP contribution in [-0.2, 0) is 4.79 Å². The summed E-state index contributed by atoms with van der Waals surface area (Å²) in [5.41, 5.74) is 0.800. The first-order valence-corrected chi connectivity index (χ1v) is 6.41. The summed E-state index contributed by atoms with van der Waals surface area (Å²) in [6.45, 7) is 8.63. The number of aryl methyl sites for hydroxylation is 1. The normalized spacial score (nSPS) is 10.6. The molecule has 0 saturated carbocycles. The van der Waals surface area contributed by atoms with Crippen LogP contribution in [0.25, 0.3) is 0 Å². The zero-order valence-corrected chi connectivity index (χ0v) is 11.9. The van der Waals surface area contributed by atoms with Gasteiger partial charge in [-0.2, -0.15) is 4.98 Å². The summed E-state index contributed by atoms with van der Waals surface area (Å²) in [5.74, 6) is 0.203. The van der Waals surface area contributed by atoms with Crippen molar-refractivity contribution in [3.8, 4) is 5.88 Å². The Kier molecular flexibility index (Phi) is 5.54. The van der Waals surface area contributed by atoms with Crippen molar-refractivity contribution >= 4 is 11.9 Å². The van der Waals surface area contributed by atoms with Gasteiger partial charge < -0.3 is 14.7 Å². The van der Waals surface area contributed by atoms with Gasteiger partial charge in [0, 0.05) is 24.3 Å². The van der Waals surface area contributed by atoms with E-state index in [0.29, 0.717) is 25.0 Å². The molecule has 1 rings (SSSR count). The third-order valence-corrected chi connectivity index (χ3v) is 2.56. The molecule has 0 aromatic carbocycles. The summed E-state index contributed by atoms with van der Waals surface area (Å²) >= 11 is 0. The maximum atomic E-state index is 10.7. The second-order valence-electron chi connectivity index (χ2n) is 4.51. The Labute approximate surface area is 113 Å². The first-order valence-electron chi connectivity index (χ1n) is 6.41. The lowest BCUT2D eigenvalue weighted by atomic mass is 10.3. The number of carboxylic acids is 1. The predicted octanol–water partition coefficient (Wildman–Crippen LogP) is 1.87. The van der Waals surface area contributed by atoms with Gasteiger partial charge in [0.15, 0.2) is 0 Å². The molecule has 0 fully saturated rings. The van der Waals surface area contributed by atoms with Crippen molar-refractivity contribution in [2.24, 2.45) is 0 Å². The molecule has 1 aromatic heterocycles. The van der Waals surface area contributed by atoms with Crippen molar-refractivity contribution in [3.63, 3.8) is 0 Å². The molecule has 19 heavy (non-hydrogen) atoms. The van der Waals surface area contributed by atoms with Crippen LogP contribution in [-0.4, -0.2) is 40.2 Å². The number of ether oxygens (including phenoxy) is 1. The third-order valence-electron chi connectivity index (χ3n) is 2.56. The third kappa shape index (κ3) is 4.73. The SMILES string of the molecule is CCOc1cc(C)nc(N(CCC(=O)O)C(C)C)n1. The van der Waals surface area contributed by atoms with Crippen LogP contribution in [0.1, 0.15) is 32.9 Å². The largest absolute Gasteiger partial charge is 0.481 e. The standard InChI is InChI=1S/C13H21N3O3/c1-5-19-11-8-10(4)14-13(15-11)16(9(2)3)7-6-12(17)18/h8-9H,5-7H2,1-4H3,(H,17,18). The molecular formula is C13H21N3O3. The van der Waals surface area contributed by atoms with Crippen molar-refractivity contribution in [1.82, 2.24) is 9.97 Å². The van der Waals surface area contributed by atoms with Crippen LogP contribution in [0.4, 0.5) is 5.95 Å². The molecule has 0 bridgehead atoms. The van der Waals surface area contributed by atoms with Crippen molar-refractivity contribution in [2.75, 3.05) is 18.1 Å². The van der Waals surface area contributed by atoms with Crippen molar-refractivity contribution < 1.29 is 14.6 Å². The van der Waals surface area contributed by atoms with Crippen LogP contribution in [0.5, 0.6) is 5.88 Å². The maximum absolute atomic E-state index is 10.7. The molecule has 0 saturated heterocycles. The van der Waals surface area contributed by atoms with E-state index in [-0.39, 0.29) is 12.5 Å². The van der Waals surface area contributed by atoms with Crippen LogP contribution >= 0.6 is 0 Å². The second kappa shape index (κ2) is 6.92. The first-order chi connectivity index (χ1) is 8.93. The fourth-order valence-corrected chi connectivity index (χ4v) is 1.68. The quantitative estimate of drug-likeness (QED) is 0.813. The molecule has 0 aliphatic rings. The minimum absolute atomic E-state index is 0.0550. The number of aliphatic carboxylic acids is 1. The molecule has 6 heteroatoms. The van der Waals surface area contributed by atoms with E-state index in [2.05, 4.69) is 9.97 Å². The number of carboxylic acid groups (broad SMARTS) is 1. The Morgan fingerprint density at radius 3 is 2.68 bits per heavy atom. The van der Waals surface area contributed by atoms with Gasteiger partial charge in [-0.25, -0.2) is 4.98 Å². The monoisotopic (exact) mass is 267 g/mol. The molecule has 1 aromatic rings. The molecule has 0 aliphatic heterocycles. The van der Waals surface area contributed by atoms with Gasteiger partial charge in [0.2, 0.25) is 11.8 Å². The molecule has 1 heterocycles. The molecule has 0 atom stereocenters. The van der Waals surface area contributed by atoms with Gasteiger partial charge in [-0.05, 0) is 27.7 Å². The summed E-state index contributed by atoms with van der Waals surface area (Å²) in [5, 5.41) is 8.79. The van der Waals surface area contributed by atoms with Crippen molar-refractivity contribution in [3.05, 3.63) is 11.8 Å². The molecule has 106 valence electrons. The Morgan fingerprint density at radius 2 is 2.16 bits per heavy atom. The Balaban J connectivity index is 2.97. The fraction of sp³-hybridized carbons (Fsp3) is 0.615. The molecule has 0 aliphatic carbocycles. The van der Waals surface area contributed by atoms with Crippen molar-refractivity contribution in [1.29, 1.82) is 0 Å². The minimum Gasteiger partial charge on any atom is -0.481 e. The highest BCUT2D eigenvalue weighted by Gasteiger charge is 2.16. The lowest BCUT2D eigenvalue weighted by molar-refractivity contribution is -0.136. The highest BCUT2D eigenvalue weighted by atomic mass is 16.5. The van der Waals surface area contributed by atoms with Gasteiger partial charge in [-0.3, -0.25) is 4.79 Å². The lowest BCUT2D eigenvalue weighted by Crippen LogP contribution is -2.34. The number of nitrogens with zero attached hydrogens (tertiary/aromatic N) is 3. The van der Waals surface area contributed by atoms with E-state index in [1.54, 1.807) is 6.07 Å². The molecule has 0 spiro atoms. The number of carbonyl (C=O) groups is 1. The minimum atomic E-state index is -0.830. The zero-order chi connectivity index (χ0) is 14.4. The van der Waals surface area contributed by atoms with Gasteiger partial charge in [0.1, 0.15) is 0 Å². The molecular weight excluding hydrogens is 246 g/mol. The number of anilines is 1. The van der Waals surface area contributed by atoms with Crippen LogP contribution < -0.4 is 9.64 Å². The molecule has 6 nitrogen and oxygen atoms in total. The molecule has 0 radical (unpaired) electrons. The molecule has 0 amide bonds. The first kappa shape index (κ1) is 15.2. The number of aromatic nitrogens is 2. The Morgan fingerprint density at radius 1 is 1.47 bits per heavy atom. The van der Waals surface area contributed by atoms with E-state index in [9.17, 15) is 4.79 Å². The average molecular weight is 267 g/mol. The highest BCUT2D eigenvalue weighted by molar-refractivity contribution is 5.67. The topological polar surface area (TPSA) is 75.5 Å². The van der Waals surface area contributed by atoms with Crippen molar-refractivity contribution in [2.45, 2.75) is 40.2 Å². The molecule has 1 N–H and O–H groups in total. The van der Waals surface area contributed by atoms with Crippen LogP contribution in [0.2, 0.25) is 0 Å². The highest BCUT2D eigenvalue weighted by Crippen LogP contribution is 2.17. The second-order valence-corrected chi connectivity index (χ2v) is 4.51. The van der Waals surface area contributed by atoms with Gasteiger partial charge in [-0.1, -0.05) is 0 Å². The molecule has 0 unspecified atom stereocenters. The van der Waals surface area contributed by atoms with Gasteiger partial charge >= 0.3 is 5.97 Å². The van der Waals surface area contributed by atoms with Crippen LogP contribution in [0.3, 0.4) is 0 Å². The van der Waals surface area contributed by atoms with Gasteiger partial charge in [0.05, 0.1) is 13.0 Å². The predicted molar refractivity (Wildman–Crippen MR) is 72.7 cm³/mol. The van der Waals surface area contributed by atoms with E-state index >= 15 is 0 Å². The Bertz CT molecular complexity index is 435. The van der Waals surface area contributed by atoms with E-state index in [0.717, 1.165) is 5.69 Å². The summed E-state index contributed by atoms with van der Waals surface area (Å²) in [6.07, 6.45) is 0.0550. The number of hydrogen-bond donors (Lipinski definition) is 1. The van der Waals surface area contributed by atoms with Gasteiger partial charge in [0.25, 0.3) is 0 Å². The van der Waals surface area contributed by atoms with Crippen LogP contribution in [0, 0.1) is 6.92 Å².